The molecular weight excluding hydrogens is 302 g/mol. The number of rotatable bonds is 2. The van der Waals surface area contributed by atoms with Crippen molar-refractivity contribution in [3.63, 3.8) is 0 Å². The Morgan fingerprint density at radius 3 is 2.46 bits per heavy atom. The Morgan fingerprint density at radius 1 is 1.17 bits per heavy atom. The van der Waals surface area contributed by atoms with Gasteiger partial charge >= 0.3 is 6.09 Å². The van der Waals surface area contributed by atoms with Crippen molar-refractivity contribution in [1.82, 2.24) is 9.88 Å². The summed E-state index contributed by atoms with van der Waals surface area (Å²) < 4.78 is 5.43. The summed E-state index contributed by atoms with van der Waals surface area (Å²) >= 11 is 0. The van der Waals surface area contributed by atoms with Crippen LogP contribution >= 0.6 is 0 Å². The van der Waals surface area contributed by atoms with Crippen LogP contribution in [0.2, 0.25) is 0 Å². The molecule has 0 radical (unpaired) electrons. The van der Waals surface area contributed by atoms with Crippen molar-refractivity contribution in [1.29, 1.82) is 0 Å². The third kappa shape index (κ3) is 4.08. The fourth-order valence-corrected chi connectivity index (χ4v) is 3.13. The molecule has 1 aromatic heterocycles. The highest BCUT2D eigenvalue weighted by Gasteiger charge is 2.24. The fourth-order valence-electron chi connectivity index (χ4n) is 3.13. The molecule has 0 spiro atoms. The highest BCUT2D eigenvalue weighted by Crippen LogP contribution is 2.25. The highest BCUT2D eigenvalue weighted by molar-refractivity contribution is 5.72. The number of aromatic nitrogens is 1. The zero-order chi connectivity index (χ0) is 17.2. The fraction of sp³-hybridized carbons (Fsp3) is 0.579. The predicted octanol–water partition coefficient (Wildman–Crippen LogP) is 3.71. The molecule has 3 heterocycles. The largest absolute Gasteiger partial charge is 0.444 e. The molecule has 1 aromatic rings. The Morgan fingerprint density at radius 2 is 1.92 bits per heavy atom. The van der Waals surface area contributed by atoms with Gasteiger partial charge in [0.25, 0.3) is 0 Å². The van der Waals surface area contributed by atoms with E-state index in [1.54, 1.807) is 4.90 Å². The second-order valence-electron chi connectivity index (χ2n) is 7.50. The number of carbonyl (C=O) groups is 1. The molecule has 0 unspecified atom stereocenters. The molecule has 0 bridgehead atoms. The summed E-state index contributed by atoms with van der Waals surface area (Å²) in [5.74, 6) is 0. The van der Waals surface area contributed by atoms with Crippen molar-refractivity contribution in [3.05, 3.63) is 30.1 Å². The van der Waals surface area contributed by atoms with Crippen LogP contribution in [-0.4, -0.2) is 47.8 Å². The maximum Gasteiger partial charge on any atom is 0.410 e. The minimum atomic E-state index is -0.450. The number of pyridine rings is 1. The van der Waals surface area contributed by atoms with E-state index < -0.39 is 5.60 Å². The Labute approximate surface area is 144 Å². The van der Waals surface area contributed by atoms with Gasteiger partial charge in [-0.05, 0) is 57.7 Å². The molecule has 0 saturated carbocycles. The first-order valence-electron chi connectivity index (χ1n) is 8.81. The Kier molecular flexibility index (Phi) is 4.78. The number of anilines is 1. The molecule has 1 saturated heterocycles. The number of amides is 1. The zero-order valence-electron chi connectivity index (χ0n) is 14.9. The van der Waals surface area contributed by atoms with E-state index in [2.05, 4.69) is 28.1 Å². The van der Waals surface area contributed by atoms with E-state index in [1.165, 1.54) is 24.1 Å². The molecule has 0 aromatic carbocycles. The van der Waals surface area contributed by atoms with Crippen LogP contribution in [0.3, 0.4) is 0 Å². The topological polar surface area (TPSA) is 45.7 Å². The average Bonchev–Trinajstić information content (AvgIpc) is 3.08. The van der Waals surface area contributed by atoms with Gasteiger partial charge in [0.15, 0.2) is 0 Å². The monoisotopic (exact) mass is 329 g/mol. The van der Waals surface area contributed by atoms with Crippen molar-refractivity contribution in [2.75, 3.05) is 31.1 Å². The molecule has 2 aliphatic heterocycles. The van der Waals surface area contributed by atoms with Gasteiger partial charge in [0.05, 0.1) is 17.6 Å². The predicted molar refractivity (Wildman–Crippen MR) is 96.1 cm³/mol. The molecule has 1 amide bonds. The molecule has 130 valence electrons. The van der Waals surface area contributed by atoms with Crippen molar-refractivity contribution in [3.8, 4) is 0 Å². The molecule has 2 aliphatic rings. The molecule has 3 rings (SSSR count). The Balaban J connectivity index is 1.61. The molecule has 0 aliphatic carbocycles. The summed E-state index contributed by atoms with van der Waals surface area (Å²) in [7, 11) is 0. The van der Waals surface area contributed by atoms with Gasteiger partial charge < -0.3 is 14.5 Å². The second kappa shape index (κ2) is 6.83. The van der Waals surface area contributed by atoms with E-state index in [0.717, 1.165) is 25.2 Å². The van der Waals surface area contributed by atoms with E-state index in [-0.39, 0.29) is 6.09 Å². The van der Waals surface area contributed by atoms with Gasteiger partial charge in [-0.3, -0.25) is 4.98 Å². The quantitative estimate of drug-likeness (QED) is 0.830. The number of hydrogen-bond acceptors (Lipinski definition) is 4. The number of hydrogen-bond donors (Lipinski definition) is 0. The lowest BCUT2D eigenvalue weighted by Gasteiger charge is -2.29. The lowest BCUT2D eigenvalue weighted by Crippen LogP contribution is -2.39. The first-order chi connectivity index (χ1) is 11.4. The maximum absolute atomic E-state index is 12.1. The van der Waals surface area contributed by atoms with Gasteiger partial charge in [0.1, 0.15) is 5.60 Å². The summed E-state index contributed by atoms with van der Waals surface area (Å²) in [6, 6.07) is 4.26. The summed E-state index contributed by atoms with van der Waals surface area (Å²) in [5.41, 5.74) is 2.99. The molecule has 24 heavy (non-hydrogen) atoms. The molecule has 5 nitrogen and oxygen atoms in total. The van der Waals surface area contributed by atoms with Gasteiger partial charge in [-0.15, -0.1) is 0 Å². The second-order valence-corrected chi connectivity index (χ2v) is 7.50. The summed E-state index contributed by atoms with van der Waals surface area (Å²) in [6.45, 7) is 9.20. The van der Waals surface area contributed by atoms with E-state index in [9.17, 15) is 4.79 Å². The standard InChI is InChI=1S/C19H27N3O2/c1-19(2,3)24-18(23)22-12-8-15(9-13-22)17-7-6-16(14-20-17)21-10-4-5-11-21/h6-8,14H,4-5,9-13H2,1-3H3. The van der Waals surface area contributed by atoms with Crippen LogP contribution in [0.4, 0.5) is 10.5 Å². The number of ether oxygens (including phenoxy) is 1. The Bertz CT molecular complexity index is 610. The van der Waals surface area contributed by atoms with E-state index in [1.807, 2.05) is 27.0 Å². The van der Waals surface area contributed by atoms with Gasteiger partial charge in [0, 0.05) is 26.2 Å². The molecular formula is C19H27N3O2. The third-order valence-corrected chi connectivity index (χ3v) is 4.41. The number of carbonyl (C=O) groups excluding carboxylic acids is 1. The molecule has 0 N–H and O–H groups in total. The van der Waals surface area contributed by atoms with Gasteiger partial charge in [-0.1, -0.05) is 6.08 Å². The summed E-state index contributed by atoms with van der Waals surface area (Å²) in [4.78, 5) is 20.9. The van der Waals surface area contributed by atoms with Crippen LogP contribution < -0.4 is 4.90 Å². The van der Waals surface area contributed by atoms with E-state index in [0.29, 0.717) is 13.1 Å². The van der Waals surface area contributed by atoms with Crippen LogP contribution in [0.1, 0.15) is 45.7 Å². The van der Waals surface area contributed by atoms with Gasteiger partial charge in [0.2, 0.25) is 0 Å². The molecule has 5 heteroatoms. The van der Waals surface area contributed by atoms with E-state index in [4.69, 9.17) is 4.74 Å². The van der Waals surface area contributed by atoms with Gasteiger partial charge in [-0.25, -0.2) is 4.79 Å². The van der Waals surface area contributed by atoms with Crippen LogP contribution in [0, 0.1) is 0 Å². The molecule has 1 fully saturated rings. The van der Waals surface area contributed by atoms with Crippen LogP contribution in [0.5, 0.6) is 0 Å². The minimum Gasteiger partial charge on any atom is -0.444 e. The lowest BCUT2D eigenvalue weighted by molar-refractivity contribution is 0.0270. The zero-order valence-corrected chi connectivity index (χ0v) is 14.9. The Hall–Kier alpha value is -2.04. The normalized spacial score (nSPS) is 18.5. The van der Waals surface area contributed by atoms with Crippen LogP contribution in [-0.2, 0) is 4.74 Å². The third-order valence-electron chi connectivity index (χ3n) is 4.41. The van der Waals surface area contributed by atoms with Crippen molar-refractivity contribution in [2.24, 2.45) is 0 Å². The first kappa shape index (κ1) is 16.8. The van der Waals surface area contributed by atoms with Crippen molar-refractivity contribution >= 4 is 17.4 Å². The van der Waals surface area contributed by atoms with Crippen molar-refractivity contribution < 1.29 is 9.53 Å². The average molecular weight is 329 g/mol. The lowest BCUT2D eigenvalue weighted by atomic mass is 10.0. The van der Waals surface area contributed by atoms with Gasteiger partial charge in [-0.2, -0.15) is 0 Å². The summed E-state index contributed by atoms with van der Waals surface area (Å²) in [6.07, 6.45) is 7.18. The van der Waals surface area contributed by atoms with E-state index >= 15 is 0 Å². The number of nitrogens with zero attached hydrogens (tertiary/aromatic N) is 3. The SMILES string of the molecule is CC(C)(C)OC(=O)N1CC=C(c2ccc(N3CCCC3)cn2)CC1. The minimum absolute atomic E-state index is 0.241. The van der Waals surface area contributed by atoms with Crippen LogP contribution in [0.25, 0.3) is 5.57 Å². The smallest absolute Gasteiger partial charge is 0.410 e. The van der Waals surface area contributed by atoms with Crippen LogP contribution in [0.15, 0.2) is 24.4 Å². The first-order valence-corrected chi connectivity index (χ1v) is 8.81. The molecule has 0 atom stereocenters. The van der Waals surface area contributed by atoms with Crippen molar-refractivity contribution in [2.45, 2.75) is 45.6 Å². The summed E-state index contributed by atoms with van der Waals surface area (Å²) in [5, 5.41) is 0. The maximum atomic E-state index is 12.1. The highest BCUT2D eigenvalue weighted by atomic mass is 16.6.